The lowest BCUT2D eigenvalue weighted by Crippen LogP contribution is -2.28. The predicted molar refractivity (Wildman–Crippen MR) is 219 cm³/mol. The highest BCUT2D eigenvalue weighted by Gasteiger charge is 2.27. The third-order valence-corrected chi connectivity index (χ3v) is 9.92. The number of rotatable bonds is 5. The average molecular weight is 907 g/mol. The second kappa shape index (κ2) is 17.6. The van der Waals surface area contributed by atoms with Crippen molar-refractivity contribution in [3.05, 3.63) is 142 Å². The topological polar surface area (TPSA) is 184 Å². The molecule has 0 aliphatic rings. The molecule has 0 spiro atoms. The fourth-order valence-corrected chi connectivity index (χ4v) is 6.71. The Balaban J connectivity index is 0.000000171. The van der Waals surface area contributed by atoms with Crippen molar-refractivity contribution in [1.29, 1.82) is 0 Å². The predicted octanol–water partition coefficient (Wildman–Crippen LogP) is 7.82. The largest absolute Gasteiger partial charge is 0.468 e. The van der Waals surface area contributed by atoms with Gasteiger partial charge in [0.1, 0.15) is 5.56 Å². The van der Waals surface area contributed by atoms with Crippen molar-refractivity contribution in [3.8, 4) is 11.3 Å². The smallest absolute Gasteiger partial charge is 0.343 e. The number of carbonyl (C=O) groups is 3. The molecule has 3 aromatic heterocycles. The molecular weight excluding hydrogens is 882 g/mol. The lowest BCUT2D eigenvalue weighted by atomic mass is 10.1. The van der Waals surface area contributed by atoms with E-state index < -0.39 is 22.5 Å². The van der Waals surface area contributed by atoms with Gasteiger partial charge < -0.3 is 20.3 Å². The third kappa shape index (κ3) is 8.77. The molecule has 13 nitrogen and oxygen atoms in total. The summed E-state index contributed by atoms with van der Waals surface area (Å²) in [6.45, 7) is 0. The number of nitrogens with two attached hydrogens (primary N) is 1. The van der Waals surface area contributed by atoms with E-state index in [1.807, 2.05) is 6.07 Å². The van der Waals surface area contributed by atoms with Crippen molar-refractivity contribution in [3.63, 3.8) is 0 Å². The van der Waals surface area contributed by atoms with Gasteiger partial charge in [-0.15, -0.1) is 0 Å². The van der Waals surface area contributed by atoms with E-state index in [-0.39, 0.29) is 37.7 Å². The number of fused-ring (bicyclic) bond motifs is 3. The van der Waals surface area contributed by atoms with Gasteiger partial charge in [-0.2, -0.15) is 9.19 Å². The number of para-hydroxylation sites is 2. The minimum absolute atomic E-state index is 0.125. The zero-order valence-electron chi connectivity index (χ0n) is 28.2. The monoisotopic (exact) mass is 904 g/mol. The standard InChI is InChI=1S/C18H11Cl2N3O3.C10H7BrCl2O3.C8H7N3OS/c1-26-18(25)14-15(10-7-6-9(19)8-12(10)20)22-23-16(14)21-13-5-3-2-4-11(13)17(23)24;1-16-10(15)8(11)9(14)6-3-2-5(12)4-7(6)13;9-11-7(12)5-3-1-2-4-6(5)10-8(11)13/h2-8,22H,1H3;2-4,8H,1H3;1-4H,9H2,(H,10,13). The van der Waals surface area contributed by atoms with E-state index in [2.05, 4.69) is 35.7 Å². The quantitative estimate of drug-likeness (QED) is 0.0385. The Bertz CT molecular complexity index is 2820. The molecule has 4 N–H and O–H groups in total. The number of halogens is 5. The fourth-order valence-electron chi connectivity index (χ4n) is 5.08. The number of esters is 2. The number of carbonyl (C=O) groups excluding carboxylic acids is 3. The van der Waals surface area contributed by atoms with E-state index >= 15 is 0 Å². The third-order valence-electron chi connectivity index (χ3n) is 7.73. The molecule has 4 aromatic carbocycles. The Morgan fingerprint density at radius 1 is 0.836 bits per heavy atom. The molecule has 0 radical (unpaired) electrons. The highest BCUT2D eigenvalue weighted by atomic mass is 79.9. The van der Waals surface area contributed by atoms with Crippen LogP contribution in [0.5, 0.6) is 0 Å². The Kier molecular flexibility index (Phi) is 13.2. The summed E-state index contributed by atoms with van der Waals surface area (Å²) in [6.07, 6.45) is 0. The molecule has 19 heteroatoms. The molecule has 0 bridgehead atoms. The van der Waals surface area contributed by atoms with E-state index in [0.717, 1.165) is 4.68 Å². The number of ketones is 1. The molecule has 0 saturated heterocycles. The van der Waals surface area contributed by atoms with Gasteiger partial charge in [0.05, 0.1) is 51.8 Å². The van der Waals surface area contributed by atoms with Crippen LogP contribution in [-0.4, -0.2) is 61.0 Å². The summed E-state index contributed by atoms with van der Waals surface area (Å²) in [4.78, 5) is 66.0. The van der Waals surface area contributed by atoms with Crippen LogP contribution in [-0.2, 0) is 14.3 Å². The number of alkyl halides is 1. The van der Waals surface area contributed by atoms with Crippen LogP contribution in [0.1, 0.15) is 20.7 Å². The number of hydrogen-bond donors (Lipinski definition) is 3. The summed E-state index contributed by atoms with van der Waals surface area (Å²) in [5.74, 6) is 3.65. The number of aromatic amines is 2. The molecule has 55 heavy (non-hydrogen) atoms. The summed E-state index contributed by atoms with van der Waals surface area (Å²) in [5.41, 5.74) is 1.93. The van der Waals surface area contributed by atoms with Gasteiger partial charge >= 0.3 is 11.9 Å². The number of H-pyrrole nitrogens is 2. The number of methoxy groups -OCH3 is 2. The fraction of sp³-hybridized carbons (Fsp3) is 0.0833. The van der Waals surface area contributed by atoms with Gasteiger partial charge in [0.15, 0.2) is 21.0 Å². The first-order valence-electron chi connectivity index (χ1n) is 15.5. The van der Waals surface area contributed by atoms with Crippen LogP contribution in [0.2, 0.25) is 20.1 Å². The van der Waals surface area contributed by atoms with Gasteiger partial charge in [0, 0.05) is 21.2 Å². The maximum atomic E-state index is 12.8. The minimum atomic E-state index is -1.06. The number of benzene rings is 4. The molecule has 0 saturated carbocycles. The van der Waals surface area contributed by atoms with Crippen LogP contribution >= 0.6 is 74.6 Å². The van der Waals surface area contributed by atoms with Crippen LogP contribution in [0.4, 0.5) is 0 Å². The first-order chi connectivity index (χ1) is 26.2. The van der Waals surface area contributed by atoms with Crippen molar-refractivity contribution in [2.45, 2.75) is 4.83 Å². The second-order valence-electron chi connectivity index (χ2n) is 11.1. The number of nitrogens with one attached hydrogen (secondary N) is 2. The lowest BCUT2D eigenvalue weighted by molar-refractivity contribution is -0.138. The van der Waals surface area contributed by atoms with E-state index in [4.69, 9.17) is 69.2 Å². The van der Waals surface area contributed by atoms with Crippen LogP contribution in [0.25, 0.3) is 38.7 Å². The zero-order chi connectivity index (χ0) is 40.1. The number of Topliss-reactive ketones (excluding diaryl/α,β-unsaturated/α-hetero) is 1. The maximum Gasteiger partial charge on any atom is 0.343 e. The van der Waals surface area contributed by atoms with Gasteiger partial charge in [-0.1, -0.05) is 86.6 Å². The molecule has 7 rings (SSSR count). The summed E-state index contributed by atoms with van der Waals surface area (Å²) < 4.78 is 11.7. The SMILES string of the molecule is COC(=O)C(Br)C(=O)c1ccc(Cl)cc1Cl.COC(=O)c1c(-c2ccc(Cl)cc2Cl)[nH]n2c(=O)c3ccccc3nc12.Nn1c(=S)[nH]c2ccccc2c1=O. The number of nitrogen functional groups attached to an aromatic ring is 1. The molecule has 7 aromatic rings. The molecular formula is C36H25BrCl4N6O7S. The van der Waals surface area contributed by atoms with Crippen molar-refractivity contribution in [2.24, 2.45) is 0 Å². The van der Waals surface area contributed by atoms with E-state index in [0.29, 0.717) is 48.1 Å². The van der Waals surface area contributed by atoms with Crippen molar-refractivity contribution >= 4 is 120 Å². The first kappa shape index (κ1) is 41.1. The van der Waals surface area contributed by atoms with Crippen LogP contribution in [0, 0.1) is 4.77 Å². The van der Waals surface area contributed by atoms with Gasteiger partial charge in [-0.05, 0) is 72.9 Å². The normalized spacial score (nSPS) is 11.3. The lowest BCUT2D eigenvalue weighted by Gasteiger charge is -2.08. The molecule has 3 heterocycles. The number of ether oxygens (including phenoxy) is 2. The highest BCUT2D eigenvalue weighted by molar-refractivity contribution is 9.10. The van der Waals surface area contributed by atoms with Crippen LogP contribution in [0.15, 0.2) is 94.5 Å². The first-order valence-corrected chi connectivity index (χ1v) is 18.3. The van der Waals surface area contributed by atoms with E-state index in [1.54, 1.807) is 60.7 Å². The molecule has 0 aliphatic heterocycles. The summed E-state index contributed by atoms with van der Waals surface area (Å²) in [7, 11) is 2.46. The summed E-state index contributed by atoms with van der Waals surface area (Å²) in [5, 5.41) is 5.30. The molecule has 0 aliphatic carbocycles. The van der Waals surface area contributed by atoms with Crippen LogP contribution < -0.4 is 17.0 Å². The van der Waals surface area contributed by atoms with E-state index in [1.165, 1.54) is 36.9 Å². The molecule has 1 atom stereocenters. The Labute approximate surface area is 343 Å². The second-order valence-corrected chi connectivity index (χ2v) is 14.1. The number of nitrogens with zero attached hydrogens (tertiary/aromatic N) is 3. The van der Waals surface area contributed by atoms with Crippen LogP contribution in [0.3, 0.4) is 0 Å². The Morgan fingerprint density at radius 2 is 1.45 bits per heavy atom. The van der Waals surface area contributed by atoms with Crippen molar-refractivity contribution in [1.82, 2.24) is 24.3 Å². The molecule has 1 unspecified atom stereocenters. The molecule has 0 amide bonds. The maximum absolute atomic E-state index is 12.8. The van der Waals surface area contributed by atoms with Crippen molar-refractivity contribution < 1.29 is 23.9 Å². The Hall–Kier alpha value is -5.03. The Morgan fingerprint density at radius 3 is 2.09 bits per heavy atom. The number of aromatic nitrogens is 5. The van der Waals surface area contributed by atoms with Gasteiger partial charge in [0.25, 0.3) is 11.1 Å². The minimum Gasteiger partial charge on any atom is -0.468 e. The summed E-state index contributed by atoms with van der Waals surface area (Å²) >= 11 is 31.6. The number of hydrogen-bond acceptors (Lipinski definition) is 10. The van der Waals surface area contributed by atoms with Gasteiger partial charge in [0.2, 0.25) is 0 Å². The zero-order valence-corrected chi connectivity index (χ0v) is 33.7. The van der Waals surface area contributed by atoms with Crippen molar-refractivity contribution in [2.75, 3.05) is 20.1 Å². The molecule has 0 fully saturated rings. The average Bonchev–Trinajstić information content (AvgIpc) is 3.55. The summed E-state index contributed by atoms with van der Waals surface area (Å²) in [6, 6.07) is 23.3. The van der Waals surface area contributed by atoms with Gasteiger partial charge in [-0.25, -0.2) is 9.78 Å². The highest BCUT2D eigenvalue weighted by Crippen LogP contribution is 2.33. The van der Waals surface area contributed by atoms with E-state index in [9.17, 15) is 24.0 Å². The van der Waals surface area contributed by atoms with Gasteiger partial charge in [-0.3, -0.25) is 24.3 Å². The molecule has 282 valence electrons.